The molecule has 0 unspecified atom stereocenters. The van der Waals surface area contributed by atoms with Crippen molar-refractivity contribution in [3.05, 3.63) is 77.5 Å². The van der Waals surface area contributed by atoms with E-state index < -0.39 is 16.0 Å². The van der Waals surface area contributed by atoms with Crippen LogP contribution in [-0.2, 0) is 15.4 Å². The fraction of sp³-hybridized carbons (Fsp3) is 0.217. The van der Waals surface area contributed by atoms with Crippen molar-refractivity contribution in [2.75, 3.05) is 4.72 Å². The van der Waals surface area contributed by atoms with Crippen molar-refractivity contribution in [2.24, 2.45) is 0 Å². The monoisotopic (exact) mass is 424 g/mol. The summed E-state index contributed by atoms with van der Waals surface area (Å²) in [7, 11) is -3.94. The van der Waals surface area contributed by atoms with Crippen molar-refractivity contribution in [3.63, 3.8) is 0 Å². The van der Waals surface area contributed by atoms with Crippen LogP contribution in [0.2, 0.25) is 0 Å². The average molecular weight is 425 g/mol. The van der Waals surface area contributed by atoms with Gasteiger partial charge >= 0.3 is 5.97 Å². The summed E-state index contributed by atoms with van der Waals surface area (Å²) in [6, 6.07) is 15.5. The zero-order valence-corrected chi connectivity index (χ0v) is 18.1. The number of anilines is 1. The fourth-order valence-corrected chi connectivity index (χ4v) is 4.05. The van der Waals surface area contributed by atoms with Crippen LogP contribution in [0.15, 0.2) is 65.7 Å². The highest BCUT2D eigenvalue weighted by Crippen LogP contribution is 2.26. The van der Waals surface area contributed by atoms with Crippen LogP contribution in [-0.4, -0.2) is 24.5 Å². The molecule has 3 rings (SSSR count). The van der Waals surface area contributed by atoms with Crippen LogP contribution in [0.5, 0.6) is 0 Å². The Morgan fingerprint density at radius 2 is 1.67 bits per heavy atom. The molecule has 0 aliphatic carbocycles. The number of hydrogen-bond acceptors (Lipinski definition) is 4. The Labute approximate surface area is 176 Å². The molecule has 0 fully saturated rings. The predicted molar refractivity (Wildman–Crippen MR) is 117 cm³/mol. The molecule has 0 radical (unpaired) electrons. The number of nitrogens with zero attached hydrogens (tertiary/aromatic N) is 1. The minimum Gasteiger partial charge on any atom is -0.478 e. The predicted octanol–water partition coefficient (Wildman–Crippen LogP) is 4.85. The lowest BCUT2D eigenvalue weighted by atomic mass is 9.86. The van der Waals surface area contributed by atoms with Crippen molar-refractivity contribution >= 4 is 21.7 Å². The smallest absolute Gasteiger partial charge is 0.335 e. The van der Waals surface area contributed by atoms with Gasteiger partial charge in [-0.25, -0.2) is 13.2 Å². The highest BCUT2D eigenvalue weighted by Gasteiger charge is 2.18. The van der Waals surface area contributed by atoms with Gasteiger partial charge in [0.1, 0.15) is 0 Å². The SMILES string of the molecule is Cc1ccc(S(=O)(=O)Nc2ccc(-c3ccc(C(C)(C)C)cc3)nc2)cc1C(=O)O. The Morgan fingerprint density at radius 3 is 2.20 bits per heavy atom. The van der Waals surface area contributed by atoms with Crippen LogP contribution in [0.1, 0.15) is 42.3 Å². The molecule has 0 amide bonds. The van der Waals surface area contributed by atoms with Gasteiger partial charge in [-0.15, -0.1) is 0 Å². The van der Waals surface area contributed by atoms with Gasteiger partial charge in [-0.2, -0.15) is 0 Å². The van der Waals surface area contributed by atoms with E-state index in [-0.39, 0.29) is 15.9 Å². The van der Waals surface area contributed by atoms with Gasteiger partial charge in [-0.05, 0) is 47.7 Å². The van der Waals surface area contributed by atoms with Gasteiger partial charge < -0.3 is 5.11 Å². The molecule has 30 heavy (non-hydrogen) atoms. The number of rotatable bonds is 5. The van der Waals surface area contributed by atoms with Gasteiger partial charge in [0.05, 0.1) is 28.0 Å². The van der Waals surface area contributed by atoms with E-state index in [9.17, 15) is 18.3 Å². The largest absolute Gasteiger partial charge is 0.478 e. The Bertz CT molecular complexity index is 1180. The quantitative estimate of drug-likeness (QED) is 0.610. The number of carbonyl (C=O) groups is 1. The van der Waals surface area contributed by atoms with E-state index in [2.05, 4.69) is 42.6 Å². The average Bonchev–Trinajstić information content (AvgIpc) is 2.67. The molecule has 156 valence electrons. The minimum absolute atomic E-state index is 0.0509. The number of sulfonamides is 1. The number of carboxylic acids is 1. The highest BCUT2D eigenvalue weighted by atomic mass is 32.2. The molecule has 0 aliphatic heterocycles. The first-order valence-corrected chi connectivity index (χ1v) is 10.9. The topological polar surface area (TPSA) is 96.4 Å². The van der Waals surface area contributed by atoms with E-state index in [4.69, 9.17) is 0 Å². The van der Waals surface area contributed by atoms with Crippen molar-refractivity contribution in [1.29, 1.82) is 0 Å². The molecular formula is C23H24N2O4S. The number of nitrogens with one attached hydrogen (secondary N) is 1. The van der Waals surface area contributed by atoms with Crippen LogP contribution in [0.25, 0.3) is 11.3 Å². The van der Waals surface area contributed by atoms with Crippen molar-refractivity contribution in [2.45, 2.75) is 38.0 Å². The van der Waals surface area contributed by atoms with E-state index >= 15 is 0 Å². The first-order chi connectivity index (χ1) is 14.0. The molecule has 1 heterocycles. The van der Waals surface area contributed by atoms with Crippen LogP contribution in [0, 0.1) is 6.92 Å². The van der Waals surface area contributed by atoms with Gasteiger partial charge in [0.15, 0.2) is 0 Å². The summed E-state index contributed by atoms with van der Waals surface area (Å²) in [6.45, 7) is 8.06. The first-order valence-electron chi connectivity index (χ1n) is 9.41. The van der Waals surface area contributed by atoms with Gasteiger partial charge in [-0.3, -0.25) is 9.71 Å². The van der Waals surface area contributed by atoms with Crippen molar-refractivity contribution in [1.82, 2.24) is 4.98 Å². The summed E-state index contributed by atoms with van der Waals surface area (Å²) >= 11 is 0. The molecule has 7 heteroatoms. The summed E-state index contributed by atoms with van der Waals surface area (Å²) in [6.07, 6.45) is 1.44. The fourth-order valence-electron chi connectivity index (χ4n) is 2.98. The second-order valence-electron chi connectivity index (χ2n) is 8.15. The molecule has 0 spiro atoms. The first kappa shape index (κ1) is 21.5. The second kappa shape index (κ2) is 7.91. The highest BCUT2D eigenvalue weighted by molar-refractivity contribution is 7.92. The van der Waals surface area contributed by atoms with E-state index in [0.717, 1.165) is 17.3 Å². The number of carboxylic acid groups (broad SMARTS) is 1. The third kappa shape index (κ3) is 4.68. The Kier molecular flexibility index (Phi) is 5.67. The number of aromatic carboxylic acids is 1. The molecule has 3 aromatic rings. The number of benzene rings is 2. The molecule has 2 N–H and O–H groups in total. The van der Waals surface area contributed by atoms with Gasteiger partial charge in [0.25, 0.3) is 10.0 Å². The summed E-state index contributed by atoms with van der Waals surface area (Å²) < 4.78 is 27.7. The molecule has 0 bridgehead atoms. The Hall–Kier alpha value is -3.19. The molecule has 0 saturated carbocycles. The zero-order valence-electron chi connectivity index (χ0n) is 17.3. The van der Waals surface area contributed by atoms with Gasteiger partial charge in [-0.1, -0.05) is 51.1 Å². The number of aryl methyl sites for hydroxylation is 1. The summed E-state index contributed by atoms with van der Waals surface area (Å²) in [5.74, 6) is -1.17. The maximum atomic E-state index is 12.6. The number of hydrogen-bond donors (Lipinski definition) is 2. The van der Waals surface area contributed by atoms with Crippen LogP contribution >= 0.6 is 0 Å². The standard InChI is InChI=1S/C23H24N2O4S/c1-15-5-11-19(13-20(15)22(26)27)30(28,29)25-18-10-12-21(24-14-18)16-6-8-17(9-7-16)23(2,3)4/h5-14,25H,1-4H3,(H,26,27). The van der Waals surface area contributed by atoms with Crippen LogP contribution in [0.4, 0.5) is 5.69 Å². The maximum Gasteiger partial charge on any atom is 0.335 e. The molecule has 0 atom stereocenters. The molecular weight excluding hydrogens is 400 g/mol. The molecule has 0 saturated heterocycles. The van der Waals surface area contributed by atoms with Gasteiger partial charge in [0, 0.05) is 5.56 Å². The molecule has 1 aromatic heterocycles. The second-order valence-corrected chi connectivity index (χ2v) is 9.83. The molecule has 6 nitrogen and oxygen atoms in total. The molecule has 2 aromatic carbocycles. The van der Waals surface area contributed by atoms with Crippen LogP contribution in [0.3, 0.4) is 0 Å². The number of aromatic nitrogens is 1. The third-order valence-corrected chi connectivity index (χ3v) is 6.19. The zero-order chi connectivity index (χ0) is 22.1. The lowest BCUT2D eigenvalue weighted by molar-refractivity contribution is 0.0696. The van der Waals surface area contributed by atoms with E-state index in [1.54, 1.807) is 19.1 Å². The molecule has 0 aliphatic rings. The maximum absolute atomic E-state index is 12.6. The van der Waals surface area contributed by atoms with E-state index in [1.807, 2.05) is 12.1 Å². The lowest BCUT2D eigenvalue weighted by Gasteiger charge is -2.19. The minimum atomic E-state index is -3.94. The third-order valence-electron chi connectivity index (χ3n) is 4.81. The Morgan fingerprint density at radius 1 is 1.00 bits per heavy atom. The van der Waals surface area contributed by atoms with Crippen LogP contribution < -0.4 is 4.72 Å². The van der Waals surface area contributed by atoms with E-state index in [0.29, 0.717) is 11.3 Å². The van der Waals surface area contributed by atoms with E-state index in [1.165, 1.54) is 23.9 Å². The number of pyridine rings is 1. The summed E-state index contributed by atoms with van der Waals surface area (Å²) in [5.41, 5.74) is 3.67. The summed E-state index contributed by atoms with van der Waals surface area (Å²) in [5, 5.41) is 9.22. The van der Waals surface area contributed by atoms with Gasteiger partial charge in [0.2, 0.25) is 0 Å². The van der Waals surface area contributed by atoms with Crippen molar-refractivity contribution in [3.8, 4) is 11.3 Å². The van der Waals surface area contributed by atoms with Crippen molar-refractivity contribution < 1.29 is 18.3 Å². The lowest BCUT2D eigenvalue weighted by Crippen LogP contribution is -2.14. The summed E-state index contributed by atoms with van der Waals surface area (Å²) in [4.78, 5) is 15.5. The normalized spacial score (nSPS) is 11.9. The Balaban J connectivity index is 1.81.